The summed E-state index contributed by atoms with van der Waals surface area (Å²) in [5.41, 5.74) is 0.892. The van der Waals surface area contributed by atoms with Gasteiger partial charge in [0.25, 0.3) is 0 Å². The molecule has 1 rings (SSSR count). The molecule has 0 saturated heterocycles. The lowest BCUT2D eigenvalue weighted by Gasteiger charge is -2.16. The minimum absolute atomic E-state index is 0.0710. The van der Waals surface area contributed by atoms with Gasteiger partial charge in [0.05, 0.1) is 7.11 Å². The number of ether oxygens (including phenoxy) is 2. The normalized spacial score (nSPS) is 12.8. The first kappa shape index (κ1) is 17.7. The molecule has 1 aromatic rings. The van der Waals surface area contributed by atoms with Gasteiger partial charge in [0, 0.05) is 12.6 Å². The molecule has 0 radical (unpaired) electrons. The van der Waals surface area contributed by atoms with Crippen LogP contribution in [0.4, 0.5) is 8.78 Å². The fourth-order valence-electron chi connectivity index (χ4n) is 2.00. The van der Waals surface area contributed by atoms with Crippen LogP contribution in [0.15, 0.2) is 18.2 Å². The molecular weight excluding hydrogens is 276 g/mol. The predicted octanol–water partition coefficient (Wildman–Crippen LogP) is 4.21. The van der Waals surface area contributed by atoms with Gasteiger partial charge in [0.2, 0.25) is 0 Å². The Morgan fingerprint density at radius 1 is 1.10 bits per heavy atom. The highest BCUT2D eigenvalue weighted by Gasteiger charge is 2.11. The molecule has 1 aromatic carbocycles. The van der Waals surface area contributed by atoms with Crippen molar-refractivity contribution >= 4 is 0 Å². The van der Waals surface area contributed by atoms with Gasteiger partial charge in [0.1, 0.15) is 0 Å². The van der Waals surface area contributed by atoms with Crippen LogP contribution in [0.1, 0.15) is 39.2 Å². The Labute approximate surface area is 125 Å². The van der Waals surface area contributed by atoms with Crippen LogP contribution in [0.2, 0.25) is 0 Å². The number of benzene rings is 1. The maximum atomic E-state index is 12.4. The van der Waals surface area contributed by atoms with Gasteiger partial charge in [0.15, 0.2) is 11.5 Å². The molecule has 0 bridgehead atoms. The van der Waals surface area contributed by atoms with Crippen molar-refractivity contribution in [1.29, 1.82) is 0 Å². The largest absolute Gasteiger partial charge is 0.493 e. The van der Waals surface area contributed by atoms with Crippen molar-refractivity contribution in [2.24, 2.45) is 5.92 Å². The quantitative estimate of drug-likeness (QED) is 0.741. The van der Waals surface area contributed by atoms with Gasteiger partial charge < -0.3 is 14.8 Å². The number of hydrogen-bond acceptors (Lipinski definition) is 3. The van der Waals surface area contributed by atoms with E-state index in [4.69, 9.17) is 4.74 Å². The Balaban J connectivity index is 2.59. The average Bonchev–Trinajstić information content (AvgIpc) is 2.42. The Bertz CT molecular complexity index is 425. The third-order valence-electron chi connectivity index (χ3n) is 3.28. The summed E-state index contributed by atoms with van der Waals surface area (Å²) in [4.78, 5) is 0. The molecule has 0 amide bonds. The molecule has 0 aliphatic carbocycles. The molecule has 1 atom stereocenters. The summed E-state index contributed by atoms with van der Waals surface area (Å²) >= 11 is 0. The maximum absolute atomic E-state index is 12.4. The van der Waals surface area contributed by atoms with E-state index >= 15 is 0 Å². The van der Waals surface area contributed by atoms with Crippen LogP contribution in [0.3, 0.4) is 0 Å². The van der Waals surface area contributed by atoms with E-state index in [0.29, 0.717) is 24.3 Å². The van der Waals surface area contributed by atoms with Gasteiger partial charge in [-0.2, -0.15) is 8.78 Å². The van der Waals surface area contributed by atoms with E-state index in [1.54, 1.807) is 12.1 Å². The maximum Gasteiger partial charge on any atom is 0.387 e. The van der Waals surface area contributed by atoms with Crippen LogP contribution in [0.5, 0.6) is 11.5 Å². The zero-order valence-electron chi connectivity index (χ0n) is 13.2. The number of rotatable bonds is 9. The van der Waals surface area contributed by atoms with Gasteiger partial charge in [-0.05, 0) is 43.4 Å². The molecule has 21 heavy (non-hydrogen) atoms. The van der Waals surface area contributed by atoms with Crippen molar-refractivity contribution in [3.63, 3.8) is 0 Å². The third-order valence-corrected chi connectivity index (χ3v) is 3.28. The van der Waals surface area contributed by atoms with Crippen molar-refractivity contribution in [3.05, 3.63) is 23.8 Å². The first-order valence-corrected chi connectivity index (χ1v) is 7.27. The standard InChI is InChI=1S/C16H25F2NO2/c1-11(2)5-6-12(3)19-10-13-7-8-14(20-4)15(9-13)21-16(17)18/h7-9,11-12,16,19H,5-6,10H2,1-4H3. The first-order chi connectivity index (χ1) is 9.92. The Morgan fingerprint density at radius 2 is 1.81 bits per heavy atom. The Morgan fingerprint density at radius 3 is 2.38 bits per heavy atom. The molecule has 0 aliphatic rings. The molecule has 0 spiro atoms. The molecule has 1 unspecified atom stereocenters. The third kappa shape index (κ3) is 6.76. The summed E-state index contributed by atoms with van der Waals surface area (Å²) in [6.45, 7) is 4.28. The molecule has 5 heteroatoms. The van der Waals surface area contributed by atoms with Crippen LogP contribution < -0.4 is 14.8 Å². The first-order valence-electron chi connectivity index (χ1n) is 7.27. The van der Waals surface area contributed by atoms with Gasteiger partial charge in [-0.15, -0.1) is 0 Å². The highest BCUT2D eigenvalue weighted by molar-refractivity contribution is 5.42. The highest BCUT2D eigenvalue weighted by Crippen LogP contribution is 2.29. The summed E-state index contributed by atoms with van der Waals surface area (Å²) in [5.74, 6) is 1.06. The van der Waals surface area contributed by atoms with Crippen LogP contribution in [-0.4, -0.2) is 19.8 Å². The topological polar surface area (TPSA) is 30.5 Å². The number of halogens is 2. The van der Waals surface area contributed by atoms with Crippen molar-refractivity contribution in [1.82, 2.24) is 5.32 Å². The van der Waals surface area contributed by atoms with Crippen molar-refractivity contribution in [3.8, 4) is 11.5 Å². The summed E-state index contributed by atoms with van der Waals surface area (Å²) in [7, 11) is 1.43. The molecule has 0 saturated carbocycles. The van der Waals surface area contributed by atoms with Crippen LogP contribution >= 0.6 is 0 Å². The number of alkyl halides is 2. The smallest absolute Gasteiger partial charge is 0.387 e. The number of hydrogen-bond donors (Lipinski definition) is 1. The van der Waals surface area contributed by atoms with E-state index in [1.807, 2.05) is 6.07 Å². The number of methoxy groups -OCH3 is 1. The molecule has 0 aliphatic heterocycles. The molecular formula is C16H25F2NO2. The lowest BCUT2D eigenvalue weighted by Crippen LogP contribution is -2.25. The van der Waals surface area contributed by atoms with Crippen LogP contribution in [-0.2, 0) is 6.54 Å². The fourth-order valence-corrected chi connectivity index (χ4v) is 2.00. The highest BCUT2D eigenvalue weighted by atomic mass is 19.3. The lowest BCUT2D eigenvalue weighted by molar-refractivity contribution is -0.0512. The SMILES string of the molecule is COc1ccc(CNC(C)CCC(C)C)cc1OC(F)F. The zero-order chi connectivity index (χ0) is 15.8. The van der Waals surface area contributed by atoms with Crippen LogP contribution in [0, 0.1) is 5.92 Å². The molecule has 1 N–H and O–H groups in total. The second-order valence-corrected chi connectivity index (χ2v) is 5.62. The molecule has 3 nitrogen and oxygen atoms in total. The second-order valence-electron chi connectivity index (χ2n) is 5.62. The van der Waals surface area contributed by atoms with E-state index < -0.39 is 6.61 Å². The number of nitrogens with one attached hydrogen (secondary N) is 1. The zero-order valence-corrected chi connectivity index (χ0v) is 13.2. The summed E-state index contributed by atoms with van der Waals surface area (Å²) in [6, 6.07) is 5.47. The van der Waals surface area contributed by atoms with Crippen molar-refractivity contribution < 1.29 is 18.3 Å². The van der Waals surface area contributed by atoms with Crippen molar-refractivity contribution in [2.45, 2.75) is 52.8 Å². The van der Waals surface area contributed by atoms with E-state index in [2.05, 4.69) is 30.8 Å². The Hall–Kier alpha value is -1.36. The van der Waals surface area contributed by atoms with E-state index in [0.717, 1.165) is 18.4 Å². The molecule has 0 heterocycles. The monoisotopic (exact) mass is 301 g/mol. The van der Waals surface area contributed by atoms with Crippen molar-refractivity contribution in [2.75, 3.05) is 7.11 Å². The molecule has 0 aromatic heterocycles. The van der Waals surface area contributed by atoms with Gasteiger partial charge in [-0.1, -0.05) is 19.9 Å². The predicted molar refractivity (Wildman–Crippen MR) is 80.0 cm³/mol. The molecule has 120 valence electrons. The summed E-state index contributed by atoms with van der Waals surface area (Å²) < 4.78 is 34.2. The van der Waals surface area contributed by atoms with Crippen LogP contribution in [0.25, 0.3) is 0 Å². The minimum Gasteiger partial charge on any atom is -0.493 e. The van der Waals surface area contributed by atoms with E-state index in [9.17, 15) is 8.78 Å². The lowest BCUT2D eigenvalue weighted by atomic mass is 10.0. The van der Waals surface area contributed by atoms with Gasteiger partial charge >= 0.3 is 6.61 Å². The summed E-state index contributed by atoms with van der Waals surface area (Å²) in [5, 5.41) is 3.39. The average molecular weight is 301 g/mol. The Kier molecular flexibility index (Phi) is 7.43. The van der Waals surface area contributed by atoms with E-state index in [-0.39, 0.29) is 5.75 Å². The second kappa shape index (κ2) is 8.82. The van der Waals surface area contributed by atoms with Gasteiger partial charge in [-0.3, -0.25) is 0 Å². The molecule has 0 fully saturated rings. The summed E-state index contributed by atoms with van der Waals surface area (Å²) in [6.07, 6.45) is 2.25. The van der Waals surface area contributed by atoms with E-state index in [1.165, 1.54) is 7.11 Å². The minimum atomic E-state index is -2.85. The fraction of sp³-hybridized carbons (Fsp3) is 0.625. The van der Waals surface area contributed by atoms with Gasteiger partial charge in [-0.25, -0.2) is 0 Å².